The zero-order valence-electron chi connectivity index (χ0n) is 10.5. The fourth-order valence-electron chi connectivity index (χ4n) is 1.13. The average Bonchev–Trinajstić information content (AvgIpc) is 2.39. The van der Waals surface area contributed by atoms with Crippen LogP contribution in [0.3, 0.4) is 0 Å². The van der Waals surface area contributed by atoms with Gasteiger partial charge in [0.15, 0.2) is 0 Å². The zero-order chi connectivity index (χ0) is 14.1. The first kappa shape index (κ1) is 17.1. The van der Waals surface area contributed by atoms with E-state index in [2.05, 4.69) is 22.3 Å². The highest BCUT2D eigenvalue weighted by molar-refractivity contribution is 7.84. The zero-order valence-corrected chi connectivity index (χ0v) is 12.3. The van der Waals surface area contributed by atoms with Gasteiger partial charge in [-0.3, -0.25) is 9.59 Å². The second-order valence-corrected chi connectivity index (χ2v) is 4.21. The number of esters is 2. The fraction of sp³-hybridized carbons (Fsp3) is 0.700. The molecule has 8 heteroatoms. The lowest BCUT2D eigenvalue weighted by Gasteiger charge is -2.23. The van der Waals surface area contributed by atoms with Crippen molar-refractivity contribution in [2.75, 3.05) is 34.5 Å². The van der Waals surface area contributed by atoms with Crippen LogP contribution in [0.5, 0.6) is 0 Å². The van der Waals surface area contributed by atoms with Crippen molar-refractivity contribution in [2.24, 2.45) is 5.92 Å². The second kappa shape index (κ2) is 9.12. The molecule has 0 spiro atoms. The van der Waals surface area contributed by atoms with Crippen molar-refractivity contribution in [3.63, 3.8) is 0 Å². The van der Waals surface area contributed by atoms with E-state index >= 15 is 0 Å². The number of hydrogen-bond acceptors (Lipinski definition) is 7. The smallest absolute Gasteiger partial charge is 0.316 e. The molecule has 0 aliphatic carbocycles. The molecule has 18 heavy (non-hydrogen) atoms. The Morgan fingerprint density at radius 2 is 1.89 bits per heavy atom. The summed E-state index contributed by atoms with van der Waals surface area (Å²) in [6.45, 7) is 0.795. The number of carbonyl (C=O) groups excluding carboxylic acids is 2. The van der Waals surface area contributed by atoms with Crippen molar-refractivity contribution in [3.05, 3.63) is 0 Å². The van der Waals surface area contributed by atoms with E-state index in [0.717, 1.165) is 0 Å². The van der Waals surface area contributed by atoms with Gasteiger partial charge in [0.2, 0.25) is 0 Å². The van der Waals surface area contributed by atoms with Crippen LogP contribution in [0.25, 0.3) is 0 Å². The van der Waals surface area contributed by atoms with E-state index in [1.165, 1.54) is 25.6 Å². The molecule has 0 rings (SSSR count). The maximum absolute atomic E-state index is 11.6. The van der Waals surface area contributed by atoms with Gasteiger partial charge in [-0.05, 0) is 0 Å². The number of thiocarbonyl (C=S) groups is 1. The molecule has 0 aromatic carbocycles. The topological polar surface area (TPSA) is 65.1 Å². The maximum atomic E-state index is 11.6. The Morgan fingerprint density at radius 3 is 2.33 bits per heavy atom. The minimum atomic E-state index is -0.883. The van der Waals surface area contributed by atoms with Gasteiger partial charge in [0.1, 0.15) is 10.9 Å². The molecule has 6 nitrogen and oxygen atoms in total. The molecule has 0 saturated heterocycles. The van der Waals surface area contributed by atoms with Crippen molar-refractivity contribution in [1.29, 1.82) is 0 Å². The number of hydrogen-bond donors (Lipinski definition) is 1. The summed E-state index contributed by atoms with van der Waals surface area (Å²) in [5.41, 5.74) is 0. The first-order valence-electron chi connectivity index (χ1n) is 5.11. The molecule has 0 amide bonds. The highest BCUT2D eigenvalue weighted by atomic mass is 32.1. The van der Waals surface area contributed by atoms with E-state index in [9.17, 15) is 9.59 Å². The highest BCUT2D eigenvalue weighted by Crippen LogP contribution is 2.14. The third kappa shape index (κ3) is 5.65. The standard InChI is InChI=1S/C10H17NO5S2/c1-14-5-4-11(18)9(17)7(10(13)16-3)6-8(12)15-2/h7,18H,4-6H2,1-3H3. The molecule has 0 heterocycles. The van der Waals surface area contributed by atoms with Crippen LogP contribution in [-0.4, -0.2) is 55.7 Å². The highest BCUT2D eigenvalue weighted by Gasteiger charge is 2.30. The summed E-state index contributed by atoms with van der Waals surface area (Å²) < 4.78 is 15.4. The number of ether oxygens (including phenoxy) is 3. The van der Waals surface area contributed by atoms with Crippen molar-refractivity contribution >= 4 is 42.0 Å². The number of nitrogens with zero attached hydrogens (tertiary/aromatic N) is 1. The van der Waals surface area contributed by atoms with Crippen LogP contribution in [0.4, 0.5) is 0 Å². The Hall–Kier alpha value is -0.860. The van der Waals surface area contributed by atoms with Gasteiger partial charge in [-0.15, -0.1) is 0 Å². The van der Waals surface area contributed by atoms with Gasteiger partial charge in [0.05, 0.1) is 33.8 Å². The van der Waals surface area contributed by atoms with Crippen molar-refractivity contribution in [1.82, 2.24) is 4.31 Å². The van der Waals surface area contributed by atoms with Crippen LogP contribution in [0.1, 0.15) is 6.42 Å². The molecule has 0 aliphatic heterocycles. The summed E-state index contributed by atoms with van der Waals surface area (Å²) in [4.78, 5) is 23.0. The lowest BCUT2D eigenvalue weighted by Crippen LogP contribution is -2.36. The average molecular weight is 295 g/mol. The summed E-state index contributed by atoms with van der Waals surface area (Å²) in [5.74, 6) is -2.02. The molecule has 0 aromatic heterocycles. The van der Waals surface area contributed by atoms with Crippen LogP contribution in [0, 0.1) is 5.92 Å². The maximum Gasteiger partial charge on any atom is 0.316 e. The Morgan fingerprint density at radius 1 is 1.28 bits per heavy atom. The Labute approximate surface area is 117 Å². The van der Waals surface area contributed by atoms with Gasteiger partial charge in [-0.1, -0.05) is 25.0 Å². The largest absolute Gasteiger partial charge is 0.469 e. The second-order valence-electron chi connectivity index (χ2n) is 3.31. The van der Waals surface area contributed by atoms with Crippen molar-refractivity contribution in [2.45, 2.75) is 6.42 Å². The number of thiol groups is 1. The molecular formula is C10H17NO5S2. The molecule has 0 radical (unpaired) electrons. The molecule has 1 atom stereocenters. The van der Waals surface area contributed by atoms with Gasteiger partial charge in [0.25, 0.3) is 0 Å². The lowest BCUT2D eigenvalue weighted by atomic mass is 10.1. The third-order valence-electron chi connectivity index (χ3n) is 2.14. The third-order valence-corrected chi connectivity index (χ3v) is 3.20. The van der Waals surface area contributed by atoms with E-state index < -0.39 is 17.9 Å². The Balaban J connectivity index is 4.68. The number of rotatable bonds is 7. The summed E-state index contributed by atoms with van der Waals surface area (Å²) >= 11 is 9.24. The van der Waals surface area contributed by atoms with Crippen molar-refractivity contribution < 1.29 is 23.8 Å². The van der Waals surface area contributed by atoms with Crippen LogP contribution >= 0.6 is 25.0 Å². The van der Waals surface area contributed by atoms with Crippen LogP contribution in [-0.2, 0) is 23.8 Å². The number of carbonyl (C=O) groups is 2. The van der Waals surface area contributed by atoms with Crippen LogP contribution in [0.2, 0.25) is 0 Å². The van der Waals surface area contributed by atoms with E-state index in [1.807, 2.05) is 0 Å². The molecule has 0 aliphatic rings. The van der Waals surface area contributed by atoms with Crippen molar-refractivity contribution in [3.8, 4) is 0 Å². The Bertz CT molecular complexity index is 311. The van der Waals surface area contributed by atoms with Gasteiger partial charge in [-0.2, -0.15) is 0 Å². The Kier molecular flexibility index (Phi) is 8.69. The molecule has 104 valence electrons. The van der Waals surface area contributed by atoms with Gasteiger partial charge in [-0.25, -0.2) is 0 Å². The first-order chi connectivity index (χ1) is 8.47. The summed E-state index contributed by atoms with van der Waals surface area (Å²) in [7, 11) is 4.01. The van der Waals surface area contributed by atoms with E-state index in [4.69, 9.17) is 17.0 Å². The first-order valence-corrected chi connectivity index (χ1v) is 5.92. The molecule has 1 unspecified atom stereocenters. The van der Waals surface area contributed by atoms with E-state index in [-0.39, 0.29) is 11.4 Å². The molecule has 0 saturated carbocycles. The summed E-state index contributed by atoms with van der Waals surface area (Å²) in [6, 6.07) is 0. The van der Waals surface area contributed by atoms with Gasteiger partial charge >= 0.3 is 11.9 Å². The lowest BCUT2D eigenvalue weighted by molar-refractivity contribution is -0.149. The van der Waals surface area contributed by atoms with Gasteiger partial charge < -0.3 is 18.5 Å². The molecule has 0 fully saturated rings. The monoisotopic (exact) mass is 295 g/mol. The predicted molar refractivity (Wildman–Crippen MR) is 72.3 cm³/mol. The summed E-state index contributed by atoms with van der Waals surface area (Å²) in [6.07, 6.45) is -0.175. The molecule has 0 N–H and O–H groups in total. The normalized spacial score (nSPS) is 11.6. The van der Waals surface area contributed by atoms with Crippen LogP contribution in [0.15, 0.2) is 0 Å². The van der Waals surface area contributed by atoms with E-state index in [1.54, 1.807) is 0 Å². The quantitative estimate of drug-likeness (QED) is 0.416. The fourth-order valence-corrected chi connectivity index (χ4v) is 1.62. The molecular weight excluding hydrogens is 278 g/mol. The molecule has 0 bridgehead atoms. The summed E-state index contributed by atoms with van der Waals surface area (Å²) in [5, 5.41) is 0. The molecule has 0 aromatic rings. The van der Waals surface area contributed by atoms with Crippen LogP contribution < -0.4 is 0 Å². The minimum absolute atomic E-state index is 0.175. The minimum Gasteiger partial charge on any atom is -0.469 e. The number of methoxy groups -OCH3 is 3. The SMILES string of the molecule is COCCN(S)C(=S)C(CC(=O)OC)C(=O)OC. The predicted octanol–water partition coefficient (Wildman–Crippen LogP) is 0.459. The van der Waals surface area contributed by atoms with E-state index in [0.29, 0.717) is 13.2 Å². The van der Waals surface area contributed by atoms with Gasteiger partial charge in [0, 0.05) is 7.11 Å².